The summed E-state index contributed by atoms with van der Waals surface area (Å²) in [6.07, 6.45) is 0.569. The summed E-state index contributed by atoms with van der Waals surface area (Å²) in [5.74, 6) is 0.475. The maximum absolute atomic E-state index is 11.6. The van der Waals surface area contributed by atoms with E-state index in [2.05, 4.69) is 17.6 Å². The Labute approximate surface area is 104 Å². The maximum atomic E-state index is 11.6. The van der Waals surface area contributed by atoms with Crippen molar-refractivity contribution >= 4 is 11.6 Å². The molecule has 0 heterocycles. The van der Waals surface area contributed by atoms with Gasteiger partial charge in [-0.1, -0.05) is 32.9 Å². The average molecular weight is 234 g/mol. The van der Waals surface area contributed by atoms with Gasteiger partial charge in [-0.3, -0.25) is 4.79 Å². The Morgan fingerprint density at radius 3 is 2.41 bits per heavy atom. The molecule has 3 heteroatoms. The van der Waals surface area contributed by atoms with E-state index in [1.54, 1.807) is 0 Å². The molecule has 0 aliphatic carbocycles. The number of anilines is 1. The van der Waals surface area contributed by atoms with Crippen LogP contribution >= 0.6 is 0 Å². The van der Waals surface area contributed by atoms with Crippen molar-refractivity contribution in [3.8, 4) is 0 Å². The lowest BCUT2D eigenvalue weighted by Crippen LogP contribution is -2.14. The third kappa shape index (κ3) is 5.50. The highest BCUT2D eigenvalue weighted by atomic mass is 16.1. The predicted octanol–water partition coefficient (Wildman–Crippen LogP) is 2.78. The first-order chi connectivity index (χ1) is 8.11. The molecule has 1 rings (SSSR count). The van der Waals surface area contributed by atoms with E-state index in [1.165, 1.54) is 5.56 Å². The average Bonchev–Trinajstić information content (AvgIpc) is 2.27. The first-order valence-corrected chi connectivity index (χ1v) is 6.21. The van der Waals surface area contributed by atoms with Crippen LogP contribution in [0.4, 0.5) is 5.69 Å². The number of carbonyl (C=O) groups excluding carboxylic acids is 1. The molecule has 0 aromatic heterocycles. The molecule has 0 aliphatic rings. The molecule has 0 bridgehead atoms. The maximum Gasteiger partial charge on any atom is 0.224 e. The number of amides is 1. The second-order valence-electron chi connectivity index (χ2n) is 4.62. The quantitative estimate of drug-likeness (QED) is 0.794. The Morgan fingerprint density at radius 2 is 1.88 bits per heavy atom. The zero-order valence-corrected chi connectivity index (χ0v) is 10.9. The molecule has 94 valence electrons. The van der Waals surface area contributed by atoms with Gasteiger partial charge >= 0.3 is 0 Å². The number of carbonyl (C=O) groups is 1. The Balaban J connectivity index is 2.47. The van der Waals surface area contributed by atoms with Crippen molar-refractivity contribution in [1.29, 1.82) is 0 Å². The standard InChI is InChI=1S/C14H22N2O/c1-4-15-10-12-5-7-13(8-6-12)16-14(17)9-11(2)3/h5-8,11,15H,4,9-10H2,1-3H3,(H,16,17). The largest absolute Gasteiger partial charge is 0.326 e. The SMILES string of the molecule is CCNCc1ccc(NC(=O)CC(C)C)cc1. The van der Waals surface area contributed by atoms with E-state index in [0.29, 0.717) is 12.3 Å². The van der Waals surface area contributed by atoms with Gasteiger partial charge in [0.1, 0.15) is 0 Å². The van der Waals surface area contributed by atoms with Crippen LogP contribution in [0.3, 0.4) is 0 Å². The van der Waals surface area contributed by atoms with Gasteiger partial charge in [-0.05, 0) is 30.2 Å². The number of nitrogens with one attached hydrogen (secondary N) is 2. The molecule has 1 amide bonds. The lowest BCUT2D eigenvalue weighted by molar-refractivity contribution is -0.116. The fourth-order valence-corrected chi connectivity index (χ4v) is 1.56. The van der Waals surface area contributed by atoms with Gasteiger partial charge in [-0.2, -0.15) is 0 Å². The molecule has 0 atom stereocenters. The van der Waals surface area contributed by atoms with Crippen molar-refractivity contribution in [3.63, 3.8) is 0 Å². The summed E-state index contributed by atoms with van der Waals surface area (Å²) < 4.78 is 0. The third-order valence-corrected chi connectivity index (χ3v) is 2.41. The molecular weight excluding hydrogens is 212 g/mol. The smallest absolute Gasteiger partial charge is 0.224 e. The second-order valence-corrected chi connectivity index (χ2v) is 4.62. The van der Waals surface area contributed by atoms with Crippen LogP contribution in [-0.4, -0.2) is 12.5 Å². The van der Waals surface area contributed by atoms with Crippen LogP contribution in [-0.2, 0) is 11.3 Å². The molecule has 0 saturated heterocycles. The first-order valence-electron chi connectivity index (χ1n) is 6.21. The molecule has 1 aromatic carbocycles. The highest BCUT2D eigenvalue weighted by molar-refractivity contribution is 5.90. The van der Waals surface area contributed by atoms with Crippen molar-refractivity contribution in [2.24, 2.45) is 5.92 Å². The van der Waals surface area contributed by atoms with Crippen molar-refractivity contribution in [2.75, 3.05) is 11.9 Å². The van der Waals surface area contributed by atoms with Crippen molar-refractivity contribution in [1.82, 2.24) is 5.32 Å². The van der Waals surface area contributed by atoms with Crippen LogP contribution in [0.1, 0.15) is 32.8 Å². The van der Waals surface area contributed by atoms with Crippen LogP contribution < -0.4 is 10.6 Å². The molecule has 3 nitrogen and oxygen atoms in total. The minimum Gasteiger partial charge on any atom is -0.326 e. The molecule has 0 unspecified atom stereocenters. The normalized spacial score (nSPS) is 10.6. The molecule has 0 aliphatic heterocycles. The van der Waals surface area contributed by atoms with Crippen LogP contribution in [0.5, 0.6) is 0 Å². The van der Waals surface area contributed by atoms with Crippen LogP contribution in [0.15, 0.2) is 24.3 Å². The molecule has 0 fully saturated rings. The topological polar surface area (TPSA) is 41.1 Å². The second kappa shape index (κ2) is 7.07. The number of hydrogen-bond donors (Lipinski definition) is 2. The molecule has 2 N–H and O–H groups in total. The summed E-state index contributed by atoms with van der Waals surface area (Å²) in [6, 6.07) is 7.97. The Kier molecular flexibility index (Phi) is 5.70. The van der Waals surface area contributed by atoms with Gasteiger partial charge in [0, 0.05) is 18.7 Å². The highest BCUT2D eigenvalue weighted by Crippen LogP contribution is 2.11. The van der Waals surface area contributed by atoms with E-state index in [0.717, 1.165) is 18.8 Å². The van der Waals surface area contributed by atoms with Gasteiger partial charge in [0.15, 0.2) is 0 Å². The minimum atomic E-state index is 0.0828. The van der Waals surface area contributed by atoms with Gasteiger partial charge in [-0.25, -0.2) is 0 Å². The Hall–Kier alpha value is -1.35. The molecule has 17 heavy (non-hydrogen) atoms. The van der Waals surface area contributed by atoms with Crippen LogP contribution in [0, 0.1) is 5.92 Å². The van der Waals surface area contributed by atoms with E-state index in [1.807, 2.05) is 38.1 Å². The van der Waals surface area contributed by atoms with Gasteiger partial charge in [0.05, 0.1) is 0 Å². The van der Waals surface area contributed by atoms with Crippen molar-refractivity contribution < 1.29 is 4.79 Å². The van der Waals surface area contributed by atoms with E-state index >= 15 is 0 Å². The number of benzene rings is 1. The predicted molar refractivity (Wildman–Crippen MR) is 71.9 cm³/mol. The van der Waals surface area contributed by atoms with E-state index in [4.69, 9.17) is 0 Å². The molecule has 1 aromatic rings. The van der Waals surface area contributed by atoms with E-state index in [-0.39, 0.29) is 5.91 Å². The molecular formula is C14H22N2O. The summed E-state index contributed by atoms with van der Waals surface area (Å²) in [5.41, 5.74) is 2.10. The van der Waals surface area contributed by atoms with Gasteiger partial charge in [-0.15, -0.1) is 0 Å². The fourth-order valence-electron chi connectivity index (χ4n) is 1.56. The van der Waals surface area contributed by atoms with Gasteiger partial charge < -0.3 is 10.6 Å². The van der Waals surface area contributed by atoms with E-state index < -0.39 is 0 Å². The Morgan fingerprint density at radius 1 is 1.24 bits per heavy atom. The summed E-state index contributed by atoms with van der Waals surface area (Å²) >= 11 is 0. The van der Waals surface area contributed by atoms with Crippen molar-refractivity contribution in [3.05, 3.63) is 29.8 Å². The lowest BCUT2D eigenvalue weighted by atomic mass is 10.1. The van der Waals surface area contributed by atoms with Crippen LogP contribution in [0.25, 0.3) is 0 Å². The summed E-state index contributed by atoms with van der Waals surface area (Å²) in [7, 11) is 0. The summed E-state index contributed by atoms with van der Waals surface area (Å²) in [5, 5.41) is 6.16. The fraction of sp³-hybridized carbons (Fsp3) is 0.500. The number of rotatable bonds is 6. The van der Waals surface area contributed by atoms with Gasteiger partial charge in [0.2, 0.25) is 5.91 Å². The van der Waals surface area contributed by atoms with Gasteiger partial charge in [0.25, 0.3) is 0 Å². The lowest BCUT2D eigenvalue weighted by Gasteiger charge is -2.08. The van der Waals surface area contributed by atoms with E-state index in [9.17, 15) is 4.79 Å². The summed E-state index contributed by atoms with van der Waals surface area (Å²) in [4.78, 5) is 11.6. The zero-order valence-electron chi connectivity index (χ0n) is 10.9. The highest BCUT2D eigenvalue weighted by Gasteiger charge is 2.04. The monoisotopic (exact) mass is 234 g/mol. The summed E-state index contributed by atoms with van der Waals surface area (Å²) in [6.45, 7) is 8.00. The Bertz CT molecular complexity index is 344. The molecule has 0 spiro atoms. The molecule has 0 radical (unpaired) electrons. The first kappa shape index (κ1) is 13.7. The minimum absolute atomic E-state index is 0.0828. The number of hydrogen-bond acceptors (Lipinski definition) is 2. The van der Waals surface area contributed by atoms with Crippen LogP contribution in [0.2, 0.25) is 0 Å². The van der Waals surface area contributed by atoms with Crippen molar-refractivity contribution in [2.45, 2.75) is 33.7 Å². The third-order valence-electron chi connectivity index (χ3n) is 2.41. The zero-order chi connectivity index (χ0) is 12.7. The molecule has 0 saturated carbocycles.